The van der Waals surface area contributed by atoms with Crippen LogP contribution in [0.5, 0.6) is 0 Å². The van der Waals surface area contributed by atoms with Crippen molar-refractivity contribution in [2.75, 3.05) is 17.6 Å². The summed E-state index contributed by atoms with van der Waals surface area (Å²) < 4.78 is 76.2. The monoisotopic (exact) mass is 686 g/mol. The first-order valence-corrected chi connectivity index (χ1v) is 15.9. The molecule has 0 saturated carbocycles. The first-order chi connectivity index (χ1) is 21.1. The van der Waals surface area contributed by atoms with Gasteiger partial charge in [-0.15, -0.1) is 0 Å². The zero-order chi connectivity index (χ0) is 32.9. The van der Waals surface area contributed by atoms with E-state index in [0.29, 0.717) is 21.2 Å². The number of nitrogens with one attached hydrogen (secondary N) is 1. The van der Waals surface area contributed by atoms with Gasteiger partial charge in [0, 0.05) is 0 Å². The Balaban J connectivity index is 0.000000854. The Morgan fingerprint density at radius 3 is 2.16 bits per heavy atom. The van der Waals surface area contributed by atoms with Crippen LogP contribution in [0.25, 0.3) is 33.4 Å². The molecule has 0 fully saturated rings. The second-order valence-corrected chi connectivity index (χ2v) is 13.2. The van der Waals surface area contributed by atoms with Crippen molar-refractivity contribution in [3.63, 3.8) is 0 Å². The predicted molar refractivity (Wildman–Crippen MR) is 170 cm³/mol. The van der Waals surface area contributed by atoms with E-state index in [1.807, 2.05) is 24.3 Å². The molecule has 1 heterocycles. The molecular weight excluding hydrogens is 655 g/mol. The van der Waals surface area contributed by atoms with Crippen LogP contribution >= 0.6 is 10.5 Å². The topological polar surface area (TPSA) is 25.2 Å². The molecule has 1 atom stereocenters. The summed E-state index contributed by atoms with van der Waals surface area (Å²) in [7, 11) is 0.0000755. The molecule has 242 valence electrons. The molecule has 0 aromatic heterocycles. The number of benzene rings is 4. The molecule has 5 rings (SSSR count). The number of aryl methyl sites for hydroxylation is 3. The van der Waals surface area contributed by atoms with E-state index in [-0.39, 0.29) is 10.5 Å². The van der Waals surface area contributed by atoms with Crippen molar-refractivity contribution >= 4 is 32.5 Å². The molecule has 45 heavy (non-hydrogen) atoms. The first-order valence-electron chi connectivity index (χ1n) is 14.0. The molecule has 0 radical (unpaired) electrons. The van der Waals surface area contributed by atoms with Crippen molar-refractivity contribution in [3.8, 4) is 22.5 Å². The Hall–Kier alpha value is -3.36. The number of alkyl halides is 6. The first kappa shape index (κ1) is 34.5. The van der Waals surface area contributed by atoms with E-state index in [1.54, 1.807) is 19.1 Å². The Morgan fingerprint density at radius 2 is 1.51 bits per heavy atom. The third-order valence-electron chi connectivity index (χ3n) is 6.89. The van der Waals surface area contributed by atoms with Gasteiger partial charge in [0.1, 0.15) is 0 Å². The minimum Gasteiger partial charge on any atom is -0.241 e. The van der Waals surface area contributed by atoms with E-state index in [0.717, 1.165) is 39.8 Å². The number of hydrogen-bond donors (Lipinski definition) is 1. The van der Waals surface area contributed by atoms with Crippen LogP contribution in [-0.2, 0) is 21.5 Å². The average molecular weight is 687 g/mol. The minimum absolute atomic E-state index is 0.0000755. The fourth-order valence-electron chi connectivity index (χ4n) is 4.90. The molecule has 1 aliphatic carbocycles. The van der Waals surface area contributed by atoms with Crippen molar-refractivity contribution in [2.24, 2.45) is 0 Å². The number of hydrogen-bond acceptors (Lipinski definition) is 2. The molecule has 2 aliphatic rings. The maximum absolute atomic E-state index is 12.9. The van der Waals surface area contributed by atoms with Crippen LogP contribution in [0.15, 0.2) is 88.2 Å². The Kier molecular flexibility index (Phi) is 11.0. The third-order valence-corrected chi connectivity index (χ3v) is 9.29. The quantitative estimate of drug-likeness (QED) is 0.0606. The molecule has 1 unspecified atom stereocenters. The van der Waals surface area contributed by atoms with Gasteiger partial charge < -0.3 is 0 Å². The molecule has 3 aromatic rings. The number of fused-ring (bicyclic) bond motifs is 2. The molecule has 0 amide bonds. The van der Waals surface area contributed by atoms with E-state index in [9.17, 15) is 26.3 Å². The predicted octanol–water partition coefficient (Wildman–Crippen LogP) is 10.9. The Morgan fingerprint density at radius 1 is 0.844 bits per heavy atom. The summed E-state index contributed by atoms with van der Waals surface area (Å²) in [5.74, 6) is 1.60. The summed E-state index contributed by atoms with van der Waals surface area (Å²) >= 11 is 5.07. The van der Waals surface area contributed by atoms with E-state index >= 15 is 0 Å². The van der Waals surface area contributed by atoms with E-state index in [2.05, 4.69) is 73.9 Å². The van der Waals surface area contributed by atoms with Crippen molar-refractivity contribution in [2.45, 2.75) is 44.4 Å². The molecule has 2 nitrogen and oxygen atoms in total. The van der Waals surface area contributed by atoms with Gasteiger partial charge in [0.05, 0.1) is 0 Å². The van der Waals surface area contributed by atoms with Gasteiger partial charge in [0.2, 0.25) is 0 Å². The molecule has 0 bridgehead atoms. The van der Waals surface area contributed by atoms with Crippen molar-refractivity contribution in [3.05, 3.63) is 107 Å². The normalized spacial score (nSPS) is 12.7. The fourth-order valence-corrected chi connectivity index (χ4v) is 6.78. The van der Waals surface area contributed by atoms with Crippen LogP contribution in [-0.4, -0.2) is 30.0 Å². The third kappa shape index (κ3) is 9.81. The van der Waals surface area contributed by atoms with Crippen LogP contribution in [0.1, 0.15) is 23.6 Å². The molecule has 0 saturated heterocycles. The van der Waals surface area contributed by atoms with Gasteiger partial charge in [-0.1, -0.05) is 17.7 Å². The van der Waals surface area contributed by atoms with Crippen LogP contribution in [0.3, 0.4) is 0 Å². The number of halogens is 6. The van der Waals surface area contributed by atoms with Crippen molar-refractivity contribution in [1.29, 1.82) is 0 Å². The summed E-state index contributed by atoms with van der Waals surface area (Å²) in [4.78, 5) is 1.33. The van der Waals surface area contributed by atoms with Gasteiger partial charge in [-0.2, -0.15) is 0 Å². The number of anilines is 1. The molecule has 3 aromatic carbocycles. The zero-order valence-corrected chi connectivity index (χ0v) is 26.6. The average Bonchev–Trinajstić information content (AvgIpc) is 2.95. The van der Waals surface area contributed by atoms with Gasteiger partial charge in [-0.05, 0) is 6.92 Å². The maximum atomic E-state index is 12.9. The van der Waals surface area contributed by atoms with Crippen LogP contribution in [0.4, 0.5) is 32.0 Å². The molecule has 0 spiro atoms. The SMILES string of the molecule is C/C=S(\CCc1ccc(C)cc1-c1c2cc[c](=[Ni])cc-2oc2cc(NCC(F)(F)F)ccc12)c1ccc(C)cc1.[CH2-]C(F)(F)F. The van der Waals surface area contributed by atoms with Gasteiger partial charge in [-0.3, -0.25) is 0 Å². The molecule has 1 aliphatic heterocycles. The number of rotatable bonds is 7. The summed E-state index contributed by atoms with van der Waals surface area (Å²) in [5, 5.41) is 5.60. The van der Waals surface area contributed by atoms with Gasteiger partial charge in [-0.25, -0.2) is 20.1 Å². The zero-order valence-electron chi connectivity index (χ0n) is 24.8. The summed E-state index contributed by atoms with van der Waals surface area (Å²) in [6.07, 6.45) is -7.69. The molecular formula is C35H32F6NNiOS-. The van der Waals surface area contributed by atoms with Crippen LogP contribution < -0.4 is 5.32 Å². The van der Waals surface area contributed by atoms with Gasteiger partial charge in [0.25, 0.3) is 6.18 Å². The summed E-state index contributed by atoms with van der Waals surface area (Å²) in [6.45, 7) is 6.95. The Bertz CT molecular complexity index is 1840. The minimum atomic E-state index is -4.32. The van der Waals surface area contributed by atoms with Crippen LogP contribution in [0.2, 0.25) is 0 Å². The smallest absolute Gasteiger partial charge is 0.241 e. The Labute approximate surface area is 268 Å². The summed E-state index contributed by atoms with van der Waals surface area (Å²) in [6, 6.07) is 26.2. The van der Waals surface area contributed by atoms with Crippen molar-refractivity contribution < 1.29 is 45.8 Å². The van der Waals surface area contributed by atoms with Crippen LogP contribution in [0, 0.1) is 24.9 Å². The van der Waals surface area contributed by atoms with Crippen molar-refractivity contribution in [1.82, 2.24) is 0 Å². The second kappa shape index (κ2) is 14.4. The molecule has 10 heteroatoms. The van der Waals surface area contributed by atoms with E-state index in [1.165, 1.54) is 16.0 Å². The van der Waals surface area contributed by atoms with E-state index in [4.69, 9.17) is 19.4 Å². The summed E-state index contributed by atoms with van der Waals surface area (Å²) in [5.41, 5.74) is 7.49. The molecule has 1 N–H and O–H groups in total. The van der Waals surface area contributed by atoms with E-state index < -0.39 is 18.9 Å². The van der Waals surface area contributed by atoms with Gasteiger partial charge in [0.15, 0.2) is 0 Å². The standard InChI is InChI=1S/C33H30F3NOS.C2H2F3.Ni/c1-4-39(26-14-10-22(2)11-15-26)18-17-24-12-9-23(3)19-29(24)32-27-7-5-6-8-30(27)38-31-20-25(13-16-28(31)32)37-21-33(34,35)36;1-2(3,4)5;/h4-5,7-16,19-20,37H,17-18,21H2,1-3H3;1H2;/q;-1;. The second-order valence-electron chi connectivity index (χ2n) is 10.5. The van der Waals surface area contributed by atoms with Gasteiger partial charge >= 0.3 is 219 Å². The fraction of sp³-hybridized carbons (Fsp3) is 0.229.